The number of allylic oxidation sites excluding steroid dienone is 1. The molecule has 2 aromatic rings. The van der Waals surface area contributed by atoms with Crippen LogP contribution in [0.25, 0.3) is 0 Å². The Labute approximate surface area is 186 Å². The number of ketones is 1. The molecule has 0 bridgehead atoms. The SMILES string of the molecule is Br.C=CCc1cccc(Oc2ccc(C(=O)CC)cc2)c1OCCCSC(=N)N. The molecule has 0 unspecified atom stereocenters. The Morgan fingerprint density at radius 1 is 1.24 bits per heavy atom. The first-order valence-electron chi connectivity index (χ1n) is 9.18. The van der Waals surface area contributed by atoms with Crippen LogP contribution in [-0.2, 0) is 6.42 Å². The van der Waals surface area contributed by atoms with E-state index < -0.39 is 0 Å². The van der Waals surface area contributed by atoms with Gasteiger partial charge in [0.25, 0.3) is 0 Å². The monoisotopic (exact) mass is 478 g/mol. The van der Waals surface area contributed by atoms with Gasteiger partial charge in [-0.1, -0.05) is 36.9 Å². The number of amidine groups is 1. The minimum Gasteiger partial charge on any atom is -0.489 e. The number of Topliss-reactive ketones (excluding diaryl/α,β-unsaturated/α-hetero) is 1. The third kappa shape index (κ3) is 7.95. The van der Waals surface area contributed by atoms with Crippen LogP contribution in [0.3, 0.4) is 0 Å². The summed E-state index contributed by atoms with van der Waals surface area (Å²) in [5, 5.41) is 7.36. The van der Waals surface area contributed by atoms with E-state index in [0.29, 0.717) is 42.3 Å². The number of nitrogens with two attached hydrogens (primary N) is 1. The van der Waals surface area contributed by atoms with Crippen LogP contribution in [0.15, 0.2) is 55.1 Å². The van der Waals surface area contributed by atoms with E-state index in [1.54, 1.807) is 24.3 Å². The van der Waals surface area contributed by atoms with Crippen molar-refractivity contribution < 1.29 is 14.3 Å². The summed E-state index contributed by atoms with van der Waals surface area (Å²) in [4.78, 5) is 11.8. The molecule has 0 radical (unpaired) electrons. The molecule has 0 aliphatic heterocycles. The van der Waals surface area contributed by atoms with Crippen molar-refractivity contribution in [1.82, 2.24) is 0 Å². The molecule has 7 heteroatoms. The van der Waals surface area contributed by atoms with E-state index in [1.807, 2.05) is 31.2 Å². The molecule has 29 heavy (non-hydrogen) atoms. The second-order valence-corrected chi connectivity index (χ2v) is 7.19. The smallest absolute Gasteiger partial charge is 0.169 e. The van der Waals surface area contributed by atoms with Crippen LogP contribution in [0.5, 0.6) is 17.2 Å². The van der Waals surface area contributed by atoms with Crippen LogP contribution in [0.1, 0.15) is 35.7 Å². The van der Waals surface area contributed by atoms with Crippen LogP contribution >= 0.6 is 28.7 Å². The average Bonchev–Trinajstić information content (AvgIpc) is 2.69. The zero-order valence-corrected chi connectivity index (χ0v) is 19.0. The van der Waals surface area contributed by atoms with Crippen molar-refractivity contribution in [3.8, 4) is 17.2 Å². The van der Waals surface area contributed by atoms with Crippen molar-refractivity contribution in [3.05, 3.63) is 66.2 Å². The minimum atomic E-state index is 0. The number of para-hydroxylation sites is 1. The van der Waals surface area contributed by atoms with Gasteiger partial charge in [-0.15, -0.1) is 23.6 Å². The van der Waals surface area contributed by atoms with Crippen molar-refractivity contribution in [2.45, 2.75) is 26.2 Å². The first kappa shape index (κ1) is 24.8. The maximum Gasteiger partial charge on any atom is 0.169 e. The van der Waals surface area contributed by atoms with Crippen molar-refractivity contribution >= 4 is 39.7 Å². The maximum atomic E-state index is 11.8. The first-order valence-corrected chi connectivity index (χ1v) is 10.2. The second-order valence-electron chi connectivity index (χ2n) is 6.06. The quantitative estimate of drug-likeness (QED) is 0.140. The summed E-state index contributed by atoms with van der Waals surface area (Å²) in [5.74, 6) is 2.77. The van der Waals surface area contributed by atoms with E-state index in [2.05, 4.69) is 6.58 Å². The molecule has 0 fully saturated rings. The van der Waals surface area contributed by atoms with Crippen molar-refractivity contribution in [2.24, 2.45) is 5.73 Å². The van der Waals surface area contributed by atoms with E-state index in [9.17, 15) is 4.79 Å². The highest BCUT2D eigenvalue weighted by Crippen LogP contribution is 2.35. The Hall–Kier alpha value is -2.25. The average molecular weight is 479 g/mol. The Kier molecular flexibility index (Phi) is 11.2. The zero-order chi connectivity index (χ0) is 20.4. The van der Waals surface area contributed by atoms with Gasteiger partial charge in [-0.25, -0.2) is 0 Å². The van der Waals surface area contributed by atoms with Crippen molar-refractivity contribution in [3.63, 3.8) is 0 Å². The number of benzene rings is 2. The largest absolute Gasteiger partial charge is 0.489 e. The van der Waals surface area contributed by atoms with Crippen LogP contribution in [0, 0.1) is 5.41 Å². The number of nitrogens with one attached hydrogen (secondary N) is 1. The molecule has 2 rings (SSSR count). The molecule has 3 N–H and O–H groups in total. The summed E-state index contributed by atoms with van der Waals surface area (Å²) in [6.07, 6.45) is 3.73. The number of rotatable bonds is 11. The van der Waals surface area contributed by atoms with Gasteiger partial charge in [0.15, 0.2) is 22.4 Å². The Morgan fingerprint density at radius 3 is 2.59 bits per heavy atom. The topological polar surface area (TPSA) is 85.4 Å². The zero-order valence-electron chi connectivity index (χ0n) is 16.5. The molecule has 0 aliphatic carbocycles. The van der Waals surface area contributed by atoms with E-state index in [4.69, 9.17) is 20.6 Å². The fraction of sp³-hybridized carbons (Fsp3) is 0.273. The number of hydrogen-bond donors (Lipinski definition) is 2. The van der Waals surface area contributed by atoms with E-state index in [-0.39, 0.29) is 27.9 Å². The number of halogens is 1. The molecule has 156 valence electrons. The second kappa shape index (κ2) is 13.1. The van der Waals surface area contributed by atoms with Crippen molar-refractivity contribution in [1.29, 1.82) is 5.41 Å². The summed E-state index contributed by atoms with van der Waals surface area (Å²) in [6, 6.07) is 12.9. The van der Waals surface area contributed by atoms with E-state index in [1.165, 1.54) is 11.8 Å². The molecule has 5 nitrogen and oxygen atoms in total. The maximum absolute atomic E-state index is 11.8. The van der Waals surface area contributed by atoms with E-state index >= 15 is 0 Å². The molecular formula is C22H27BrN2O3S. The summed E-state index contributed by atoms with van der Waals surface area (Å²) in [6.45, 7) is 6.14. The lowest BCUT2D eigenvalue weighted by Gasteiger charge is -2.16. The van der Waals surface area contributed by atoms with Gasteiger partial charge in [0.05, 0.1) is 6.61 Å². The molecule has 0 atom stereocenters. The van der Waals surface area contributed by atoms with Gasteiger partial charge >= 0.3 is 0 Å². The standard InChI is InChI=1S/C22H26N2O3S.BrH/c1-3-7-17-8-5-9-20(21(17)26-14-6-15-28-22(23)24)27-18-12-10-16(11-13-18)19(25)4-2;/h3,5,8-13H,1,4,6-7,14-15H2,2H3,(H3,23,24);1H. The molecule has 0 heterocycles. The lowest BCUT2D eigenvalue weighted by Crippen LogP contribution is -2.07. The Bertz CT molecular complexity index is 825. The van der Waals surface area contributed by atoms with Crippen LogP contribution in [-0.4, -0.2) is 23.3 Å². The summed E-state index contributed by atoms with van der Waals surface area (Å²) < 4.78 is 12.0. The summed E-state index contributed by atoms with van der Waals surface area (Å²) in [5.41, 5.74) is 7.02. The fourth-order valence-corrected chi connectivity index (χ4v) is 3.06. The van der Waals surface area contributed by atoms with Gasteiger partial charge < -0.3 is 15.2 Å². The Morgan fingerprint density at radius 2 is 1.97 bits per heavy atom. The van der Waals surface area contributed by atoms with Crippen LogP contribution < -0.4 is 15.2 Å². The third-order valence-electron chi connectivity index (χ3n) is 3.94. The molecule has 2 aromatic carbocycles. The van der Waals surface area contributed by atoms with Gasteiger partial charge in [-0.2, -0.15) is 0 Å². The van der Waals surface area contributed by atoms with Crippen LogP contribution in [0.4, 0.5) is 0 Å². The molecule has 0 saturated carbocycles. The molecule has 0 saturated heterocycles. The molecule has 0 aromatic heterocycles. The highest BCUT2D eigenvalue weighted by atomic mass is 79.9. The predicted molar refractivity (Wildman–Crippen MR) is 126 cm³/mol. The summed E-state index contributed by atoms with van der Waals surface area (Å²) >= 11 is 1.30. The summed E-state index contributed by atoms with van der Waals surface area (Å²) in [7, 11) is 0. The van der Waals surface area contributed by atoms with Gasteiger partial charge in [-0.05, 0) is 43.2 Å². The minimum absolute atomic E-state index is 0. The lowest BCUT2D eigenvalue weighted by molar-refractivity contribution is 0.0988. The number of ether oxygens (including phenoxy) is 2. The number of carbonyl (C=O) groups is 1. The first-order chi connectivity index (χ1) is 13.5. The van der Waals surface area contributed by atoms with Gasteiger partial charge in [-0.3, -0.25) is 10.2 Å². The number of thioether (sulfide) groups is 1. The number of carbonyl (C=O) groups excluding carboxylic acids is 1. The molecule has 0 amide bonds. The number of hydrogen-bond acceptors (Lipinski definition) is 5. The highest BCUT2D eigenvalue weighted by Gasteiger charge is 2.12. The van der Waals surface area contributed by atoms with E-state index in [0.717, 1.165) is 17.7 Å². The molecule has 0 spiro atoms. The normalized spacial score (nSPS) is 9.97. The van der Waals surface area contributed by atoms with Gasteiger partial charge in [0.1, 0.15) is 5.75 Å². The third-order valence-corrected chi connectivity index (χ3v) is 4.75. The molecular weight excluding hydrogens is 452 g/mol. The lowest BCUT2D eigenvalue weighted by atomic mass is 10.1. The predicted octanol–water partition coefficient (Wildman–Crippen LogP) is 5.77. The van der Waals surface area contributed by atoms with Crippen LogP contribution in [0.2, 0.25) is 0 Å². The highest BCUT2D eigenvalue weighted by molar-refractivity contribution is 8.93. The van der Waals surface area contributed by atoms with Gasteiger partial charge in [0, 0.05) is 23.3 Å². The fourth-order valence-electron chi connectivity index (χ4n) is 2.58. The van der Waals surface area contributed by atoms with Crippen molar-refractivity contribution in [2.75, 3.05) is 12.4 Å². The molecule has 0 aliphatic rings. The Balaban J connectivity index is 0.00000420. The van der Waals surface area contributed by atoms with Gasteiger partial charge in [0.2, 0.25) is 0 Å².